The molecule has 0 radical (unpaired) electrons. The Morgan fingerprint density at radius 3 is 1.38 bits per heavy atom. The molecule has 0 heterocycles. The quantitative estimate of drug-likeness (QED) is 0.309. The van der Waals surface area contributed by atoms with Crippen molar-refractivity contribution >= 4 is 5.69 Å². The van der Waals surface area contributed by atoms with Gasteiger partial charge in [-0.25, -0.2) is 4.39 Å². The smallest absolute Gasteiger partial charge is 0.119 e. The maximum atomic E-state index is 11.7. The van der Waals surface area contributed by atoms with Gasteiger partial charge in [0, 0.05) is 5.69 Å². The second-order valence-corrected chi connectivity index (χ2v) is 5.17. The van der Waals surface area contributed by atoms with Gasteiger partial charge in [-0.15, -0.1) is 0 Å². The molecule has 0 aliphatic heterocycles. The van der Waals surface area contributed by atoms with Crippen LogP contribution in [-0.2, 0) is 23.7 Å². The number of halogens is 1. The lowest BCUT2D eigenvalue weighted by atomic mass is 10.3. The van der Waals surface area contributed by atoms with Crippen LogP contribution in [-0.4, -0.2) is 79.4 Å². The largest absolute Gasteiger partial charge is 0.491 e. The van der Waals surface area contributed by atoms with Gasteiger partial charge in [-0.2, -0.15) is 0 Å². The van der Waals surface area contributed by atoms with Crippen molar-refractivity contribution in [3.8, 4) is 5.75 Å². The molecule has 0 saturated carbocycles. The molecular formula is C18H30FNO6. The Kier molecular flexibility index (Phi) is 14.8. The predicted molar refractivity (Wildman–Crippen MR) is 96.4 cm³/mol. The van der Waals surface area contributed by atoms with Gasteiger partial charge in [-0.1, -0.05) is 0 Å². The average Bonchev–Trinajstić information content (AvgIpc) is 2.66. The van der Waals surface area contributed by atoms with Gasteiger partial charge in [0.25, 0.3) is 0 Å². The SMILES string of the molecule is Nc1ccc(OCCOCCOCCOCCOCCOCCF)cc1. The van der Waals surface area contributed by atoms with E-state index in [1.807, 2.05) is 12.1 Å². The minimum absolute atomic E-state index is 0.122. The molecule has 0 aliphatic carbocycles. The molecule has 150 valence electrons. The number of anilines is 1. The molecule has 8 heteroatoms. The summed E-state index contributed by atoms with van der Waals surface area (Å²) in [7, 11) is 0. The summed E-state index contributed by atoms with van der Waals surface area (Å²) in [6.07, 6.45) is 0. The number of hydrogen-bond acceptors (Lipinski definition) is 7. The Bertz CT molecular complexity index is 421. The molecule has 2 N–H and O–H groups in total. The van der Waals surface area contributed by atoms with Crippen LogP contribution in [0.15, 0.2) is 24.3 Å². The third-order valence-corrected chi connectivity index (χ3v) is 3.09. The lowest BCUT2D eigenvalue weighted by Gasteiger charge is -2.08. The number of rotatable bonds is 18. The monoisotopic (exact) mass is 375 g/mol. The van der Waals surface area contributed by atoms with Crippen LogP contribution >= 0.6 is 0 Å². The van der Waals surface area contributed by atoms with Gasteiger partial charge < -0.3 is 34.2 Å². The van der Waals surface area contributed by atoms with E-state index in [2.05, 4.69) is 0 Å². The van der Waals surface area contributed by atoms with E-state index in [1.165, 1.54) is 0 Å². The Hall–Kier alpha value is -1.45. The first kappa shape index (κ1) is 22.6. The van der Waals surface area contributed by atoms with E-state index in [-0.39, 0.29) is 6.61 Å². The molecule has 26 heavy (non-hydrogen) atoms. The fourth-order valence-corrected chi connectivity index (χ4v) is 1.82. The molecule has 1 aromatic carbocycles. The van der Waals surface area contributed by atoms with E-state index in [4.69, 9.17) is 34.2 Å². The lowest BCUT2D eigenvalue weighted by Crippen LogP contribution is -2.14. The standard InChI is InChI=1S/C18H30FNO6/c19-5-6-21-7-8-22-9-10-23-11-12-24-13-14-25-15-16-26-18-3-1-17(20)2-4-18/h1-4H,5-16,20H2. The summed E-state index contributed by atoms with van der Waals surface area (Å²) < 4.78 is 43.6. The van der Waals surface area contributed by atoms with Crippen molar-refractivity contribution in [2.75, 3.05) is 85.1 Å². The van der Waals surface area contributed by atoms with Crippen molar-refractivity contribution in [1.82, 2.24) is 0 Å². The van der Waals surface area contributed by atoms with Crippen molar-refractivity contribution < 1.29 is 32.8 Å². The summed E-state index contributed by atoms with van der Waals surface area (Å²) in [5.74, 6) is 0.771. The van der Waals surface area contributed by atoms with Crippen molar-refractivity contribution in [2.45, 2.75) is 0 Å². The van der Waals surface area contributed by atoms with Gasteiger partial charge in [0.2, 0.25) is 0 Å². The number of alkyl halides is 1. The van der Waals surface area contributed by atoms with Gasteiger partial charge in [-0.05, 0) is 24.3 Å². The zero-order chi connectivity index (χ0) is 18.7. The Labute approximate surface area is 154 Å². The molecule has 0 amide bonds. The number of benzene rings is 1. The normalized spacial score (nSPS) is 11.0. The van der Waals surface area contributed by atoms with Gasteiger partial charge in [0.15, 0.2) is 0 Å². The molecule has 0 bridgehead atoms. The molecular weight excluding hydrogens is 345 g/mol. The van der Waals surface area contributed by atoms with Crippen LogP contribution in [0.25, 0.3) is 0 Å². The van der Waals surface area contributed by atoms with Crippen LogP contribution in [0.5, 0.6) is 5.75 Å². The van der Waals surface area contributed by atoms with Crippen LogP contribution in [0, 0.1) is 0 Å². The highest BCUT2D eigenvalue weighted by Gasteiger charge is 1.95. The molecule has 0 aliphatic rings. The second-order valence-electron chi connectivity index (χ2n) is 5.17. The van der Waals surface area contributed by atoms with Crippen LogP contribution in [0.3, 0.4) is 0 Å². The fourth-order valence-electron chi connectivity index (χ4n) is 1.82. The van der Waals surface area contributed by atoms with Gasteiger partial charge in [0.05, 0.1) is 66.1 Å². The predicted octanol–water partition coefficient (Wildman–Crippen LogP) is 1.70. The highest BCUT2D eigenvalue weighted by molar-refractivity contribution is 5.41. The molecule has 0 spiro atoms. The maximum Gasteiger partial charge on any atom is 0.119 e. The second kappa shape index (κ2) is 17.0. The van der Waals surface area contributed by atoms with E-state index in [0.29, 0.717) is 71.8 Å². The van der Waals surface area contributed by atoms with E-state index >= 15 is 0 Å². The van der Waals surface area contributed by atoms with Crippen molar-refractivity contribution in [3.63, 3.8) is 0 Å². The first-order valence-electron chi connectivity index (χ1n) is 8.76. The van der Waals surface area contributed by atoms with Gasteiger partial charge in [0.1, 0.15) is 19.0 Å². The van der Waals surface area contributed by atoms with E-state index in [0.717, 1.165) is 5.75 Å². The molecule has 1 aromatic rings. The molecule has 7 nitrogen and oxygen atoms in total. The Morgan fingerprint density at radius 1 is 0.577 bits per heavy atom. The number of ether oxygens (including phenoxy) is 6. The number of nitrogens with two attached hydrogens (primary N) is 1. The topological polar surface area (TPSA) is 81.4 Å². The van der Waals surface area contributed by atoms with Crippen molar-refractivity contribution in [3.05, 3.63) is 24.3 Å². The summed E-state index contributed by atoms with van der Waals surface area (Å²) in [5.41, 5.74) is 6.31. The summed E-state index contributed by atoms with van der Waals surface area (Å²) >= 11 is 0. The third-order valence-electron chi connectivity index (χ3n) is 3.09. The van der Waals surface area contributed by atoms with E-state index < -0.39 is 6.67 Å². The molecule has 0 aromatic heterocycles. The molecule has 0 fully saturated rings. The van der Waals surface area contributed by atoms with Crippen LogP contribution in [0.2, 0.25) is 0 Å². The van der Waals surface area contributed by atoms with E-state index in [1.54, 1.807) is 12.1 Å². The third kappa shape index (κ3) is 13.8. The molecule has 0 atom stereocenters. The van der Waals surface area contributed by atoms with Crippen molar-refractivity contribution in [1.29, 1.82) is 0 Å². The zero-order valence-electron chi connectivity index (χ0n) is 15.2. The van der Waals surface area contributed by atoms with Crippen LogP contribution in [0.4, 0.5) is 10.1 Å². The van der Waals surface area contributed by atoms with Gasteiger partial charge >= 0.3 is 0 Å². The minimum atomic E-state index is -0.467. The zero-order valence-corrected chi connectivity index (χ0v) is 15.2. The summed E-state index contributed by atoms with van der Waals surface area (Å²) in [4.78, 5) is 0. The maximum absolute atomic E-state index is 11.7. The van der Waals surface area contributed by atoms with Crippen LogP contribution in [0.1, 0.15) is 0 Å². The summed E-state index contributed by atoms with van der Waals surface area (Å²) in [6, 6.07) is 7.23. The lowest BCUT2D eigenvalue weighted by molar-refractivity contribution is -0.0133. The summed E-state index contributed by atoms with van der Waals surface area (Å²) in [5, 5.41) is 0. The highest BCUT2D eigenvalue weighted by atomic mass is 19.1. The average molecular weight is 375 g/mol. The van der Waals surface area contributed by atoms with Crippen molar-refractivity contribution in [2.24, 2.45) is 0 Å². The van der Waals surface area contributed by atoms with Crippen LogP contribution < -0.4 is 10.5 Å². The number of nitrogen functional groups attached to an aromatic ring is 1. The highest BCUT2D eigenvalue weighted by Crippen LogP contribution is 2.12. The molecule has 0 unspecified atom stereocenters. The van der Waals surface area contributed by atoms with E-state index in [9.17, 15) is 4.39 Å². The number of hydrogen-bond donors (Lipinski definition) is 1. The minimum Gasteiger partial charge on any atom is -0.491 e. The first-order chi connectivity index (χ1) is 12.8. The Balaban J connectivity index is 1.72. The Morgan fingerprint density at radius 2 is 0.962 bits per heavy atom. The van der Waals surface area contributed by atoms with Gasteiger partial charge in [-0.3, -0.25) is 0 Å². The molecule has 0 saturated heterocycles. The first-order valence-corrected chi connectivity index (χ1v) is 8.76. The summed E-state index contributed by atoms with van der Waals surface area (Å²) in [6.45, 7) is 4.47. The molecule has 1 rings (SSSR count). The fraction of sp³-hybridized carbons (Fsp3) is 0.667.